The molecule has 0 aromatic rings. The maximum Gasteiger partial charge on any atom is 0.320 e. The third-order valence-corrected chi connectivity index (χ3v) is 24.8. The van der Waals surface area contributed by atoms with Crippen molar-refractivity contribution in [2.24, 2.45) is 92.7 Å². The van der Waals surface area contributed by atoms with Crippen LogP contribution in [-0.4, -0.2) is 126 Å². The number of rotatable bonds is 16. The Morgan fingerprint density at radius 1 is 0.487 bits per heavy atom. The number of hydrogen-bond donors (Lipinski definition) is 0. The molecule has 7 fully saturated rings. The van der Waals surface area contributed by atoms with Crippen molar-refractivity contribution >= 4 is 11.9 Å². The van der Waals surface area contributed by atoms with Crippen LogP contribution in [0.3, 0.4) is 0 Å². The first-order valence-corrected chi connectivity index (χ1v) is 33.9. The zero-order chi connectivity index (χ0) is 56.7. The third kappa shape index (κ3) is 14.5. The highest BCUT2D eigenvalue weighted by atomic mass is 16.6. The minimum absolute atomic E-state index is 0.0537. The largest absolute Gasteiger partial charge is 0.461 e. The minimum Gasteiger partial charge on any atom is -0.461 e. The molecular weight excluding hydrogens is 997 g/mol. The Hall–Kier alpha value is -1.82. The number of esters is 2. The van der Waals surface area contributed by atoms with Crippen LogP contribution < -0.4 is 0 Å². The summed E-state index contributed by atoms with van der Waals surface area (Å²) in [5, 5.41) is 0. The predicted molar refractivity (Wildman–Crippen MR) is 322 cm³/mol. The Kier molecular flexibility index (Phi) is 22.0. The van der Waals surface area contributed by atoms with Crippen LogP contribution in [0.1, 0.15) is 210 Å². The molecule has 1 saturated heterocycles. The van der Waals surface area contributed by atoms with Crippen molar-refractivity contribution in [1.29, 1.82) is 0 Å². The van der Waals surface area contributed by atoms with E-state index in [0.29, 0.717) is 89.9 Å². The molecule has 0 N–H and O–H groups in total. The summed E-state index contributed by atoms with van der Waals surface area (Å²) in [6, 6.07) is 0. The van der Waals surface area contributed by atoms with E-state index in [9.17, 15) is 9.59 Å². The molecule has 9 rings (SSSR count). The molecule has 0 aromatic heterocycles. The Labute approximate surface area is 488 Å². The second-order valence-corrected chi connectivity index (χ2v) is 30.3. The van der Waals surface area contributed by atoms with Crippen LogP contribution in [0.2, 0.25) is 0 Å². The van der Waals surface area contributed by atoms with Gasteiger partial charge < -0.3 is 28.4 Å². The lowest BCUT2D eigenvalue weighted by Gasteiger charge is -2.58. The maximum absolute atomic E-state index is 13.7. The summed E-state index contributed by atoms with van der Waals surface area (Å²) in [7, 11) is 0. The van der Waals surface area contributed by atoms with Gasteiger partial charge in [-0.25, -0.2) is 0 Å². The molecule has 1 aliphatic heterocycles. The Morgan fingerprint density at radius 2 is 0.863 bits per heavy atom. The average Bonchev–Trinajstić information content (AvgIpc) is 3.57. The topological polar surface area (TPSA) is 96.0 Å². The van der Waals surface area contributed by atoms with Crippen LogP contribution in [0, 0.1) is 92.7 Å². The van der Waals surface area contributed by atoms with Gasteiger partial charge in [-0.05, 0) is 183 Å². The zero-order valence-electron chi connectivity index (χ0n) is 52.9. The van der Waals surface area contributed by atoms with E-state index in [1.54, 1.807) is 11.1 Å². The molecule has 10 heteroatoms. The maximum atomic E-state index is 13.7. The molecule has 80 heavy (non-hydrogen) atoms. The summed E-state index contributed by atoms with van der Waals surface area (Å²) >= 11 is 0. The van der Waals surface area contributed by atoms with Crippen molar-refractivity contribution in [1.82, 2.24) is 9.80 Å². The van der Waals surface area contributed by atoms with Gasteiger partial charge in [0.05, 0.1) is 65.9 Å². The molecule has 16 atom stereocenters. The van der Waals surface area contributed by atoms with E-state index in [2.05, 4.69) is 91.2 Å². The molecule has 9 aliphatic rings. The van der Waals surface area contributed by atoms with Gasteiger partial charge in [0.25, 0.3) is 0 Å². The lowest BCUT2D eigenvalue weighted by atomic mass is 9.47. The molecule has 0 bridgehead atoms. The van der Waals surface area contributed by atoms with Crippen LogP contribution in [0.5, 0.6) is 0 Å². The van der Waals surface area contributed by atoms with Crippen LogP contribution >= 0.6 is 0 Å². The van der Waals surface area contributed by atoms with E-state index < -0.39 is 0 Å². The summed E-state index contributed by atoms with van der Waals surface area (Å²) in [5.74, 6) is 9.55. The van der Waals surface area contributed by atoms with Crippen molar-refractivity contribution in [3.8, 4) is 0 Å². The monoisotopic (exact) mass is 1110 g/mol. The van der Waals surface area contributed by atoms with Gasteiger partial charge in [0.2, 0.25) is 0 Å². The minimum atomic E-state index is -0.147. The normalized spacial score (nSPS) is 39.6. The molecule has 10 nitrogen and oxygen atoms in total. The molecule has 0 aromatic carbocycles. The fourth-order valence-electron chi connectivity index (χ4n) is 20.3. The van der Waals surface area contributed by atoms with E-state index in [1.807, 2.05) is 0 Å². The van der Waals surface area contributed by atoms with Gasteiger partial charge in [-0.3, -0.25) is 19.4 Å². The zero-order valence-corrected chi connectivity index (χ0v) is 52.9. The van der Waals surface area contributed by atoms with Gasteiger partial charge in [0.15, 0.2) is 0 Å². The van der Waals surface area contributed by atoms with E-state index in [0.717, 1.165) is 110 Å². The standard InChI is InChI=1S/C70H118N2O8/c1-49(2)13-11-15-51(5)59-21-23-61-57-19-17-53-45-55(25-29-67(53,7)63(57)27-31-69(59,61)9)79-65(73)47-71-33-37-75-41-43-77-39-35-72(36-40-78-44-42-76-38-34-71)48-66(74)80-56-26-30-68(8)54(46-56)18-20-58-62-24-22-60(52(6)16-12-14-50(3)4)70(62,10)32-28-64(58)68/h17-18,49-52,55-64H,11-16,19-48H2,1-10H3/t51-,52-,55+,56+,57+,58+,59-,60-,61+,62+,63+,64+,67+,68+,69-,70-/m1/s1. The van der Waals surface area contributed by atoms with Gasteiger partial charge in [-0.15, -0.1) is 0 Å². The Balaban J connectivity index is 0.680. The molecule has 8 aliphatic carbocycles. The first-order valence-electron chi connectivity index (χ1n) is 33.9. The fraction of sp³-hybridized carbons (Fsp3) is 0.914. The van der Waals surface area contributed by atoms with Gasteiger partial charge in [0, 0.05) is 39.0 Å². The van der Waals surface area contributed by atoms with Gasteiger partial charge in [0.1, 0.15) is 12.2 Å². The van der Waals surface area contributed by atoms with Crippen LogP contribution in [0.15, 0.2) is 23.3 Å². The van der Waals surface area contributed by atoms with Crippen LogP contribution in [0.4, 0.5) is 0 Å². The van der Waals surface area contributed by atoms with Gasteiger partial charge in [-0.2, -0.15) is 0 Å². The fourth-order valence-corrected chi connectivity index (χ4v) is 20.3. The van der Waals surface area contributed by atoms with Crippen molar-refractivity contribution in [3.05, 3.63) is 23.3 Å². The molecule has 0 amide bonds. The first-order chi connectivity index (χ1) is 38.4. The van der Waals surface area contributed by atoms with Gasteiger partial charge >= 0.3 is 11.9 Å². The summed E-state index contributed by atoms with van der Waals surface area (Å²) in [6.07, 6.45) is 32.9. The molecule has 1 heterocycles. The number of carbonyl (C=O) groups excluding carboxylic acids is 2. The molecule has 0 unspecified atom stereocenters. The number of allylic oxidation sites excluding steroid dienone is 2. The van der Waals surface area contributed by atoms with E-state index in [1.165, 1.54) is 103 Å². The lowest BCUT2D eigenvalue weighted by molar-refractivity contribution is -0.154. The van der Waals surface area contributed by atoms with E-state index in [-0.39, 0.29) is 48.1 Å². The third-order valence-electron chi connectivity index (χ3n) is 24.8. The van der Waals surface area contributed by atoms with Crippen molar-refractivity contribution in [3.63, 3.8) is 0 Å². The molecule has 456 valence electrons. The van der Waals surface area contributed by atoms with Gasteiger partial charge in [-0.1, -0.05) is 131 Å². The first kappa shape index (κ1) is 62.7. The lowest BCUT2D eigenvalue weighted by Crippen LogP contribution is -2.51. The SMILES string of the molecule is CC(C)CCC[C@@H](C)[C@H]1CC[C@H]2[C@@H]3CC=C4C[C@@H](OC(=O)CN5CCOCCOCCN(CC(=O)O[C@H]6CC[C@@]7(C)C(=CC[C@H]8[C@@H]9CC[C@H]([C@H](C)CCCC(C)C)[C@@]9(C)CC[C@@H]87)C6)CCOCCOCC5)CC[C@]4(C)[C@H]3CC[C@]12C. The number of nitrogens with zero attached hydrogens (tertiary/aromatic N) is 2. The van der Waals surface area contributed by atoms with Crippen LogP contribution in [0.25, 0.3) is 0 Å². The number of fused-ring (bicyclic) bond motifs is 10. The highest BCUT2D eigenvalue weighted by Gasteiger charge is 2.61. The molecular formula is C70H118N2O8. The number of ether oxygens (including phenoxy) is 6. The highest BCUT2D eigenvalue weighted by Crippen LogP contribution is 2.69. The van der Waals surface area contributed by atoms with Crippen molar-refractivity contribution in [2.75, 3.05) is 92.1 Å². The van der Waals surface area contributed by atoms with Crippen molar-refractivity contribution < 1.29 is 38.0 Å². The molecule has 6 saturated carbocycles. The smallest absolute Gasteiger partial charge is 0.320 e. The highest BCUT2D eigenvalue weighted by molar-refractivity contribution is 5.72. The summed E-state index contributed by atoms with van der Waals surface area (Å²) in [5.41, 5.74) is 4.58. The molecule has 0 radical (unpaired) electrons. The molecule has 0 spiro atoms. The number of carbonyl (C=O) groups is 2. The number of hydrogen-bond acceptors (Lipinski definition) is 10. The Morgan fingerprint density at radius 3 is 1.23 bits per heavy atom. The predicted octanol–water partition coefficient (Wildman–Crippen LogP) is 14.6. The summed E-state index contributed by atoms with van der Waals surface area (Å²) < 4.78 is 36.9. The average molecular weight is 1120 g/mol. The van der Waals surface area contributed by atoms with E-state index >= 15 is 0 Å². The summed E-state index contributed by atoms with van der Waals surface area (Å²) in [4.78, 5) is 31.6. The van der Waals surface area contributed by atoms with Crippen LogP contribution in [-0.2, 0) is 38.0 Å². The quantitative estimate of drug-likeness (QED) is 0.110. The second-order valence-electron chi connectivity index (χ2n) is 30.3. The van der Waals surface area contributed by atoms with Crippen molar-refractivity contribution in [2.45, 2.75) is 223 Å². The summed E-state index contributed by atoms with van der Waals surface area (Å²) in [6.45, 7) is 31.9. The van der Waals surface area contributed by atoms with E-state index in [4.69, 9.17) is 28.4 Å². The Bertz CT molecular complexity index is 1900. The second kappa shape index (κ2) is 28.1.